The molecule has 11 heteroatoms. The van der Waals surface area contributed by atoms with Gasteiger partial charge in [0, 0.05) is 37.8 Å². The van der Waals surface area contributed by atoms with Gasteiger partial charge in [-0.1, -0.05) is 0 Å². The molecule has 0 bridgehead atoms. The molecule has 1 saturated heterocycles. The Labute approximate surface area is 192 Å². The van der Waals surface area contributed by atoms with Gasteiger partial charge >= 0.3 is 12.1 Å². The molecule has 3 rings (SSSR count). The number of amides is 2. The molecule has 0 aliphatic carbocycles. The zero-order chi connectivity index (χ0) is 24.0. The number of piperazine rings is 1. The minimum Gasteiger partial charge on any atom is -0.497 e. The Morgan fingerprint density at radius 3 is 2.36 bits per heavy atom. The normalized spacial score (nSPS) is 20.5. The van der Waals surface area contributed by atoms with Gasteiger partial charge in [0.25, 0.3) is 0 Å². The van der Waals surface area contributed by atoms with Crippen molar-refractivity contribution in [3.8, 4) is 11.5 Å². The maximum Gasteiger partial charge on any atom is 0.409 e. The smallest absolute Gasteiger partial charge is 0.409 e. The molecule has 2 aliphatic heterocycles. The fraction of sp³-hybridized carbons (Fsp3) is 0.545. The van der Waals surface area contributed by atoms with Crippen LogP contribution < -0.4 is 14.8 Å². The molecule has 0 saturated carbocycles. The predicted octanol–water partition coefficient (Wildman–Crippen LogP) is 1.18. The number of guanidine groups is 1. The largest absolute Gasteiger partial charge is 0.497 e. The van der Waals surface area contributed by atoms with E-state index < -0.39 is 23.8 Å². The molecule has 2 heterocycles. The molecule has 0 aromatic heterocycles. The highest BCUT2D eigenvalue weighted by Crippen LogP contribution is 2.38. The molecular weight excluding hydrogens is 432 g/mol. The van der Waals surface area contributed by atoms with Gasteiger partial charge in [0.15, 0.2) is 5.92 Å². The highest BCUT2D eigenvalue weighted by Gasteiger charge is 2.43. The van der Waals surface area contributed by atoms with Crippen LogP contribution in [0.1, 0.15) is 25.5 Å². The third-order valence-electron chi connectivity index (χ3n) is 5.50. The van der Waals surface area contributed by atoms with Gasteiger partial charge in [-0.15, -0.1) is 0 Å². The van der Waals surface area contributed by atoms with Crippen molar-refractivity contribution < 1.29 is 33.3 Å². The number of esters is 1. The van der Waals surface area contributed by atoms with E-state index in [0.29, 0.717) is 55.8 Å². The lowest BCUT2D eigenvalue weighted by atomic mass is 9.90. The number of carbonyl (C=O) groups excluding carboxylic acids is 3. The van der Waals surface area contributed by atoms with E-state index in [9.17, 15) is 14.4 Å². The Morgan fingerprint density at radius 1 is 1.06 bits per heavy atom. The average Bonchev–Trinajstić information content (AvgIpc) is 2.83. The first-order chi connectivity index (χ1) is 15.9. The van der Waals surface area contributed by atoms with E-state index in [2.05, 4.69) is 5.32 Å². The number of carbonyl (C=O) groups is 3. The van der Waals surface area contributed by atoms with Crippen molar-refractivity contribution in [2.24, 2.45) is 10.9 Å². The van der Waals surface area contributed by atoms with Gasteiger partial charge < -0.3 is 28.7 Å². The topological polar surface area (TPSA) is 119 Å². The van der Waals surface area contributed by atoms with Crippen LogP contribution in [0.4, 0.5) is 4.79 Å². The Kier molecular flexibility index (Phi) is 7.96. The Morgan fingerprint density at radius 2 is 1.76 bits per heavy atom. The third kappa shape index (κ3) is 5.29. The molecule has 1 aromatic carbocycles. The zero-order valence-electron chi connectivity index (χ0n) is 19.3. The summed E-state index contributed by atoms with van der Waals surface area (Å²) in [6.07, 6.45) is -0.366. The second-order valence-corrected chi connectivity index (χ2v) is 7.40. The number of aliphatic imine (C=N–C) groups is 1. The first kappa shape index (κ1) is 24.1. The standard InChI is InChI=1S/C22H30N4O7/c1-5-32-20(28)17-18(15-8-7-14(30-3)13-16(15)31-4)23-21(24-19(17)27)25-9-11-26(12-10-25)22(29)33-6-2/h7-8,13,17-18H,5-6,9-12H2,1-4H3,(H,23,24,27)/t17-,18-/m1/s1. The summed E-state index contributed by atoms with van der Waals surface area (Å²) < 4.78 is 21.0. The van der Waals surface area contributed by atoms with E-state index in [0.717, 1.165) is 0 Å². The molecule has 11 nitrogen and oxygen atoms in total. The molecular formula is C22H30N4O7. The summed E-state index contributed by atoms with van der Waals surface area (Å²) in [4.78, 5) is 45.9. The molecule has 1 fully saturated rings. The number of methoxy groups -OCH3 is 2. The first-order valence-electron chi connectivity index (χ1n) is 10.9. The molecule has 1 aromatic rings. The van der Waals surface area contributed by atoms with E-state index in [1.807, 2.05) is 4.90 Å². The third-order valence-corrected chi connectivity index (χ3v) is 5.50. The number of nitrogens with one attached hydrogen (secondary N) is 1. The van der Waals surface area contributed by atoms with Crippen molar-refractivity contribution in [3.05, 3.63) is 23.8 Å². The second kappa shape index (κ2) is 10.9. The van der Waals surface area contributed by atoms with Crippen LogP contribution in [0.15, 0.2) is 23.2 Å². The molecule has 2 amide bonds. The van der Waals surface area contributed by atoms with Crippen molar-refractivity contribution in [1.82, 2.24) is 15.1 Å². The molecule has 0 unspecified atom stereocenters. The van der Waals surface area contributed by atoms with Gasteiger partial charge in [0.1, 0.15) is 17.5 Å². The Hall–Kier alpha value is -3.50. The monoisotopic (exact) mass is 462 g/mol. The van der Waals surface area contributed by atoms with Crippen molar-refractivity contribution in [1.29, 1.82) is 0 Å². The Bertz CT molecular complexity index is 912. The van der Waals surface area contributed by atoms with Crippen LogP contribution in [0.2, 0.25) is 0 Å². The first-order valence-corrected chi connectivity index (χ1v) is 10.9. The molecule has 180 valence electrons. The lowest BCUT2D eigenvalue weighted by Gasteiger charge is -2.38. The number of nitrogens with zero attached hydrogens (tertiary/aromatic N) is 3. The van der Waals surface area contributed by atoms with Crippen molar-refractivity contribution in [2.75, 3.05) is 53.6 Å². The molecule has 2 aliphatic rings. The average molecular weight is 463 g/mol. The van der Waals surface area contributed by atoms with Crippen LogP contribution in [-0.2, 0) is 19.1 Å². The summed E-state index contributed by atoms with van der Waals surface area (Å²) in [6, 6.07) is 4.28. The van der Waals surface area contributed by atoms with Crippen LogP contribution in [0.3, 0.4) is 0 Å². The van der Waals surface area contributed by atoms with E-state index in [1.165, 1.54) is 14.2 Å². The number of hydrogen-bond acceptors (Lipinski definition) is 9. The number of benzene rings is 1. The van der Waals surface area contributed by atoms with Gasteiger partial charge in [-0.2, -0.15) is 0 Å². The molecule has 1 N–H and O–H groups in total. The van der Waals surface area contributed by atoms with Gasteiger partial charge in [-0.3, -0.25) is 14.9 Å². The van der Waals surface area contributed by atoms with E-state index in [1.54, 1.807) is 36.9 Å². The van der Waals surface area contributed by atoms with Crippen LogP contribution >= 0.6 is 0 Å². The van der Waals surface area contributed by atoms with Crippen LogP contribution in [-0.4, -0.2) is 87.3 Å². The quantitative estimate of drug-likeness (QED) is 0.495. The SMILES string of the molecule is CCOC(=O)[C@H]1C(=O)NC(N2CCN(C(=O)OCC)CC2)=N[C@@H]1c1ccc(OC)cc1OC. The van der Waals surface area contributed by atoms with E-state index in [4.69, 9.17) is 23.9 Å². The van der Waals surface area contributed by atoms with E-state index in [-0.39, 0.29) is 12.7 Å². The van der Waals surface area contributed by atoms with Crippen LogP contribution in [0, 0.1) is 5.92 Å². The second-order valence-electron chi connectivity index (χ2n) is 7.40. The predicted molar refractivity (Wildman–Crippen MR) is 118 cm³/mol. The lowest BCUT2D eigenvalue weighted by molar-refractivity contribution is -0.153. The summed E-state index contributed by atoms with van der Waals surface area (Å²) >= 11 is 0. The minimum absolute atomic E-state index is 0.140. The number of rotatable bonds is 6. The number of ether oxygens (including phenoxy) is 4. The van der Waals surface area contributed by atoms with Gasteiger partial charge in [0.05, 0.1) is 27.4 Å². The van der Waals surface area contributed by atoms with Gasteiger partial charge in [0.2, 0.25) is 11.9 Å². The van der Waals surface area contributed by atoms with Crippen molar-refractivity contribution in [3.63, 3.8) is 0 Å². The summed E-state index contributed by atoms with van der Waals surface area (Å²) in [5.74, 6) is -0.980. The van der Waals surface area contributed by atoms with Crippen LogP contribution in [0.5, 0.6) is 11.5 Å². The Balaban J connectivity index is 1.92. The van der Waals surface area contributed by atoms with Gasteiger partial charge in [-0.05, 0) is 26.0 Å². The molecule has 0 spiro atoms. The highest BCUT2D eigenvalue weighted by molar-refractivity contribution is 6.08. The molecule has 33 heavy (non-hydrogen) atoms. The van der Waals surface area contributed by atoms with Crippen molar-refractivity contribution >= 4 is 23.9 Å². The summed E-state index contributed by atoms with van der Waals surface area (Å²) in [5.41, 5.74) is 0.564. The molecule has 2 atom stereocenters. The zero-order valence-corrected chi connectivity index (χ0v) is 19.3. The minimum atomic E-state index is -1.17. The lowest BCUT2D eigenvalue weighted by Crippen LogP contribution is -2.58. The maximum absolute atomic E-state index is 13.1. The van der Waals surface area contributed by atoms with Gasteiger partial charge in [-0.25, -0.2) is 9.79 Å². The summed E-state index contributed by atoms with van der Waals surface area (Å²) in [6.45, 7) is 5.64. The van der Waals surface area contributed by atoms with Crippen molar-refractivity contribution in [2.45, 2.75) is 19.9 Å². The molecule has 0 radical (unpaired) electrons. The van der Waals surface area contributed by atoms with Crippen LogP contribution in [0.25, 0.3) is 0 Å². The van der Waals surface area contributed by atoms with E-state index >= 15 is 0 Å². The summed E-state index contributed by atoms with van der Waals surface area (Å²) in [7, 11) is 3.04. The maximum atomic E-state index is 13.1. The fourth-order valence-electron chi connectivity index (χ4n) is 3.83. The fourth-order valence-corrected chi connectivity index (χ4v) is 3.83. The highest BCUT2D eigenvalue weighted by atomic mass is 16.6. The summed E-state index contributed by atoms with van der Waals surface area (Å²) in [5, 5.41) is 2.74. The number of hydrogen-bond donors (Lipinski definition) is 1.